The lowest BCUT2D eigenvalue weighted by Gasteiger charge is -2.18. The van der Waals surface area contributed by atoms with Crippen LogP contribution in [0.5, 0.6) is 5.75 Å². The van der Waals surface area contributed by atoms with Gasteiger partial charge in [0.1, 0.15) is 18.9 Å². The number of hydrogen-bond donors (Lipinski definition) is 3. The fraction of sp³-hybridized carbons (Fsp3) is 0.500. The Bertz CT molecular complexity index is 539. The molecule has 134 valence electrons. The van der Waals surface area contributed by atoms with Crippen LogP contribution in [0.2, 0.25) is 0 Å². The van der Waals surface area contributed by atoms with Crippen LogP contribution < -0.4 is 21.6 Å². The summed E-state index contributed by atoms with van der Waals surface area (Å²) in [6.45, 7) is 0.457. The predicted octanol–water partition coefficient (Wildman–Crippen LogP) is -0.232. The van der Waals surface area contributed by atoms with Crippen molar-refractivity contribution in [2.24, 2.45) is 11.5 Å². The molecular weight excluding hydrogens is 312 g/mol. The van der Waals surface area contributed by atoms with Gasteiger partial charge >= 0.3 is 5.97 Å². The van der Waals surface area contributed by atoms with Gasteiger partial charge in [-0.05, 0) is 19.0 Å². The van der Waals surface area contributed by atoms with E-state index in [2.05, 4.69) is 5.43 Å². The lowest BCUT2D eigenvalue weighted by Crippen LogP contribution is -2.44. The minimum absolute atomic E-state index is 0.0764. The van der Waals surface area contributed by atoms with E-state index in [1.165, 1.54) is 5.01 Å². The van der Waals surface area contributed by atoms with E-state index in [0.29, 0.717) is 18.7 Å². The maximum absolute atomic E-state index is 11.8. The molecule has 0 spiro atoms. The second-order valence-electron chi connectivity index (χ2n) is 5.41. The summed E-state index contributed by atoms with van der Waals surface area (Å²) in [7, 11) is 3.13. The van der Waals surface area contributed by atoms with E-state index >= 15 is 0 Å². The fourth-order valence-electron chi connectivity index (χ4n) is 2.07. The van der Waals surface area contributed by atoms with E-state index in [4.69, 9.17) is 20.9 Å². The van der Waals surface area contributed by atoms with E-state index in [1.807, 2.05) is 18.2 Å². The molecule has 0 aliphatic rings. The lowest BCUT2D eigenvalue weighted by atomic mass is 10.1. The van der Waals surface area contributed by atoms with Crippen LogP contribution in [-0.4, -0.2) is 50.2 Å². The summed E-state index contributed by atoms with van der Waals surface area (Å²) in [6.07, 6.45) is 0.718. The summed E-state index contributed by atoms with van der Waals surface area (Å²) in [4.78, 5) is 23.6. The van der Waals surface area contributed by atoms with Crippen molar-refractivity contribution < 1.29 is 19.1 Å². The number of carbonyl (C=O) groups is 2. The number of nitrogens with two attached hydrogens (primary N) is 2. The highest BCUT2D eigenvalue weighted by atomic mass is 16.5. The number of esters is 1. The van der Waals surface area contributed by atoms with Crippen molar-refractivity contribution in [1.29, 1.82) is 0 Å². The molecule has 0 fully saturated rings. The number of benzene rings is 1. The summed E-state index contributed by atoms with van der Waals surface area (Å²) >= 11 is 0. The number of rotatable bonds is 10. The summed E-state index contributed by atoms with van der Waals surface area (Å²) in [5.74, 6) is -0.0770. The van der Waals surface area contributed by atoms with Gasteiger partial charge in [0.15, 0.2) is 0 Å². The Morgan fingerprint density at radius 3 is 2.71 bits per heavy atom. The Labute approximate surface area is 142 Å². The molecule has 0 saturated heterocycles. The second-order valence-corrected chi connectivity index (χ2v) is 5.41. The smallest absolute Gasteiger partial charge is 0.322 e. The van der Waals surface area contributed by atoms with Crippen molar-refractivity contribution >= 4 is 11.9 Å². The molecule has 0 aliphatic heterocycles. The average molecular weight is 338 g/mol. The van der Waals surface area contributed by atoms with Crippen LogP contribution in [-0.2, 0) is 20.9 Å². The monoisotopic (exact) mass is 338 g/mol. The van der Waals surface area contributed by atoms with E-state index in [-0.39, 0.29) is 31.5 Å². The van der Waals surface area contributed by atoms with Crippen LogP contribution in [0.25, 0.3) is 0 Å². The molecular formula is C16H26N4O4. The second kappa shape index (κ2) is 10.6. The Balaban J connectivity index is 2.35. The number of para-hydroxylation sites is 1. The zero-order valence-corrected chi connectivity index (χ0v) is 14.2. The minimum Gasteiger partial charge on any atom is -0.496 e. The first-order valence-corrected chi connectivity index (χ1v) is 7.70. The van der Waals surface area contributed by atoms with Gasteiger partial charge < -0.3 is 20.9 Å². The molecule has 0 aliphatic carbocycles. The van der Waals surface area contributed by atoms with Crippen LogP contribution in [0, 0.1) is 0 Å². The average Bonchev–Trinajstić information content (AvgIpc) is 2.52. The molecule has 0 aromatic heterocycles. The molecule has 0 heterocycles. The molecule has 1 atom stereocenters. The highest BCUT2D eigenvalue weighted by Gasteiger charge is 2.14. The van der Waals surface area contributed by atoms with E-state index in [9.17, 15) is 9.59 Å². The van der Waals surface area contributed by atoms with E-state index < -0.39 is 5.97 Å². The van der Waals surface area contributed by atoms with Gasteiger partial charge in [0.05, 0.1) is 7.11 Å². The van der Waals surface area contributed by atoms with Crippen LogP contribution >= 0.6 is 0 Å². The van der Waals surface area contributed by atoms with Gasteiger partial charge in [0.2, 0.25) is 5.91 Å². The van der Waals surface area contributed by atoms with Crippen molar-refractivity contribution in [3.63, 3.8) is 0 Å². The first kappa shape index (κ1) is 19.9. The third kappa shape index (κ3) is 7.40. The highest BCUT2D eigenvalue weighted by Crippen LogP contribution is 2.17. The van der Waals surface area contributed by atoms with Gasteiger partial charge in [-0.15, -0.1) is 0 Å². The number of methoxy groups -OCH3 is 1. The Hall–Kier alpha value is -2.16. The molecule has 0 radical (unpaired) electrons. The van der Waals surface area contributed by atoms with Crippen LogP contribution in [0.4, 0.5) is 0 Å². The zero-order valence-electron chi connectivity index (χ0n) is 14.2. The highest BCUT2D eigenvalue weighted by molar-refractivity contribution is 5.77. The number of hydrogen-bond acceptors (Lipinski definition) is 7. The number of nitrogens with zero attached hydrogens (tertiary/aromatic N) is 1. The van der Waals surface area contributed by atoms with Crippen molar-refractivity contribution in [2.45, 2.75) is 25.5 Å². The number of nitrogens with one attached hydrogen (secondary N) is 1. The van der Waals surface area contributed by atoms with E-state index in [1.54, 1.807) is 20.2 Å². The van der Waals surface area contributed by atoms with Gasteiger partial charge in [0.25, 0.3) is 0 Å². The number of amides is 1. The number of carbonyl (C=O) groups excluding carboxylic acids is 2. The molecule has 1 amide bonds. The van der Waals surface area contributed by atoms with Gasteiger partial charge in [-0.1, -0.05) is 18.2 Å². The van der Waals surface area contributed by atoms with Crippen molar-refractivity contribution in [1.82, 2.24) is 10.4 Å². The molecule has 0 unspecified atom stereocenters. The first-order chi connectivity index (χ1) is 11.5. The van der Waals surface area contributed by atoms with Crippen molar-refractivity contribution in [3.8, 4) is 5.75 Å². The molecule has 8 heteroatoms. The van der Waals surface area contributed by atoms with Crippen molar-refractivity contribution in [3.05, 3.63) is 29.8 Å². The molecule has 8 nitrogen and oxygen atoms in total. The van der Waals surface area contributed by atoms with E-state index in [0.717, 1.165) is 5.56 Å². The number of hydrazine groups is 1. The quantitative estimate of drug-likeness (QED) is 0.398. The molecule has 0 bridgehead atoms. The maximum atomic E-state index is 11.8. The van der Waals surface area contributed by atoms with Crippen molar-refractivity contribution in [2.75, 3.05) is 27.2 Å². The minimum atomic E-state index is -0.463. The zero-order chi connectivity index (χ0) is 17.9. The summed E-state index contributed by atoms with van der Waals surface area (Å²) < 4.78 is 10.4. The molecule has 0 saturated carbocycles. The molecule has 5 N–H and O–H groups in total. The fourth-order valence-corrected chi connectivity index (χ4v) is 2.07. The Morgan fingerprint density at radius 2 is 2.04 bits per heavy atom. The normalized spacial score (nSPS) is 11.9. The maximum Gasteiger partial charge on any atom is 0.322 e. The summed E-state index contributed by atoms with van der Waals surface area (Å²) in [5, 5.41) is 1.36. The molecule has 1 aromatic rings. The van der Waals surface area contributed by atoms with Gasteiger partial charge in [-0.3, -0.25) is 15.0 Å². The third-order valence-electron chi connectivity index (χ3n) is 3.25. The third-order valence-corrected chi connectivity index (χ3v) is 3.25. The summed E-state index contributed by atoms with van der Waals surface area (Å²) in [6, 6.07) is 6.99. The Morgan fingerprint density at radius 1 is 1.33 bits per heavy atom. The molecule has 24 heavy (non-hydrogen) atoms. The standard InChI is InChI=1S/C16H26N4O4/c1-20(19-15(21)9-13(18)7-8-17)10-16(22)24-11-12-5-3-4-6-14(12)23-2/h3-6,13H,7-11,17-18H2,1-2H3,(H,19,21)/t13-/m0/s1. The van der Waals surface area contributed by atoms with Crippen LogP contribution in [0.3, 0.4) is 0 Å². The topological polar surface area (TPSA) is 120 Å². The first-order valence-electron chi connectivity index (χ1n) is 7.70. The number of ether oxygens (including phenoxy) is 2. The molecule has 1 aromatic carbocycles. The predicted molar refractivity (Wildman–Crippen MR) is 89.8 cm³/mol. The Kier molecular flexibility index (Phi) is 8.77. The number of likely N-dealkylation sites (N-methyl/N-ethyl adjacent to an activating group) is 1. The van der Waals surface area contributed by atoms with Gasteiger partial charge in [-0.25, -0.2) is 5.01 Å². The largest absolute Gasteiger partial charge is 0.496 e. The van der Waals surface area contributed by atoms with Crippen LogP contribution in [0.15, 0.2) is 24.3 Å². The molecule has 1 rings (SSSR count). The van der Waals surface area contributed by atoms with Gasteiger partial charge in [0, 0.05) is 25.1 Å². The lowest BCUT2D eigenvalue weighted by molar-refractivity contribution is -0.147. The SMILES string of the molecule is COc1ccccc1COC(=O)CN(C)NC(=O)C[C@@H](N)CCN. The summed E-state index contributed by atoms with van der Waals surface area (Å²) in [5.41, 5.74) is 14.5. The van der Waals surface area contributed by atoms with Gasteiger partial charge in [-0.2, -0.15) is 0 Å². The van der Waals surface area contributed by atoms with Crippen LogP contribution in [0.1, 0.15) is 18.4 Å².